The highest BCUT2D eigenvalue weighted by molar-refractivity contribution is 5.91. The van der Waals surface area contributed by atoms with Gasteiger partial charge in [-0.2, -0.15) is 0 Å². The Kier molecular flexibility index (Phi) is 4.36. The van der Waals surface area contributed by atoms with E-state index in [2.05, 4.69) is 16.0 Å². The van der Waals surface area contributed by atoms with Crippen LogP contribution in [0.2, 0.25) is 0 Å². The number of esters is 1. The van der Waals surface area contributed by atoms with Crippen molar-refractivity contribution in [2.45, 2.75) is 37.8 Å². The van der Waals surface area contributed by atoms with Gasteiger partial charge in [0.05, 0.1) is 32.3 Å². The first-order valence-corrected chi connectivity index (χ1v) is 10.3. The predicted molar refractivity (Wildman–Crippen MR) is 105 cm³/mol. The van der Waals surface area contributed by atoms with Crippen molar-refractivity contribution in [3.63, 3.8) is 0 Å². The topological polar surface area (TPSA) is 74.8 Å². The first-order chi connectivity index (χ1) is 13.6. The average Bonchev–Trinajstić information content (AvgIpc) is 3.11. The van der Waals surface area contributed by atoms with E-state index in [4.69, 9.17) is 9.47 Å². The van der Waals surface area contributed by atoms with Crippen LogP contribution in [-0.2, 0) is 16.0 Å². The van der Waals surface area contributed by atoms with Crippen LogP contribution in [0.15, 0.2) is 18.2 Å². The monoisotopic (exact) mass is 384 g/mol. The highest BCUT2D eigenvalue weighted by Crippen LogP contribution is 2.50. The van der Waals surface area contributed by atoms with Crippen molar-refractivity contribution in [1.82, 2.24) is 9.88 Å². The van der Waals surface area contributed by atoms with Crippen LogP contribution < -0.4 is 4.74 Å². The summed E-state index contributed by atoms with van der Waals surface area (Å²) in [5.74, 6) is 0.860. The number of aliphatic hydroxyl groups is 1. The predicted octanol–water partition coefficient (Wildman–Crippen LogP) is 2.66. The van der Waals surface area contributed by atoms with E-state index in [0.717, 1.165) is 43.6 Å². The van der Waals surface area contributed by atoms with Crippen LogP contribution in [0.5, 0.6) is 5.75 Å². The highest BCUT2D eigenvalue weighted by Gasteiger charge is 2.49. The Morgan fingerprint density at radius 2 is 2.14 bits per heavy atom. The van der Waals surface area contributed by atoms with Crippen molar-refractivity contribution in [2.75, 3.05) is 27.3 Å². The third kappa shape index (κ3) is 2.58. The number of ether oxygens (including phenoxy) is 2. The first kappa shape index (κ1) is 18.0. The van der Waals surface area contributed by atoms with Gasteiger partial charge in [0.2, 0.25) is 0 Å². The summed E-state index contributed by atoms with van der Waals surface area (Å²) in [5.41, 5.74) is 3.72. The quantitative estimate of drug-likeness (QED) is 0.779. The van der Waals surface area contributed by atoms with Gasteiger partial charge in [0.1, 0.15) is 5.75 Å². The Balaban J connectivity index is 1.54. The molecule has 28 heavy (non-hydrogen) atoms. The zero-order valence-electron chi connectivity index (χ0n) is 16.5. The summed E-state index contributed by atoms with van der Waals surface area (Å²) in [4.78, 5) is 18.7. The summed E-state index contributed by atoms with van der Waals surface area (Å²) in [7, 11) is 3.15. The van der Waals surface area contributed by atoms with Crippen molar-refractivity contribution in [1.29, 1.82) is 0 Å². The lowest BCUT2D eigenvalue weighted by atomic mass is 9.65. The third-order valence-corrected chi connectivity index (χ3v) is 7.32. The number of methoxy groups -OCH3 is 2. The lowest BCUT2D eigenvalue weighted by molar-refractivity contribution is -0.160. The molecule has 5 rings (SSSR count). The van der Waals surface area contributed by atoms with Crippen molar-refractivity contribution < 1.29 is 19.4 Å². The van der Waals surface area contributed by atoms with Crippen molar-refractivity contribution in [3.05, 3.63) is 29.5 Å². The standard InChI is InChI=1S/C22H28N2O4/c1-27-18-5-3-4-15-19(18)13-8-9-24-11-12-6-7-17(25)20(22(26)28-2)14(12)10-16(24)21(13)23-15/h3-5,12,14,16-17,20,23,25H,6-11H2,1-2H3/t12-,14-,16+,17-,20+/m0/s1. The molecule has 2 fully saturated rings. The van der Waals surface area contributed by atoms with Gasteiger partial charge in [0.25, 0.3) is 0 Å². The fourth-order valence-corrected chi connectivity index (χ4v) is 6.04. The van der Waals surface area contributed by atoms with Crippen LogP contribution in [0.4, 0.5) is 0 Å². The average molecular weight is 384 g/mol. The zero-order chi connectivity index (χ0) is 19.4. The molecule has 0 radical (unpaired) electrons. The normalized spacial score (nSPS) is 32.3. The molecule has 1 aliphatic carbocycles. The smallest absolute Gasteiger partial charge is 0.311 e. The molecule has 1 aromatic carbocycles. The van der Waals surface area contributed by atoms with Crippen LogP contribution in [0, 0.1) is 17.8 Å². The van der Waals surface area contributed by atoms with Gasteiger partial charge in [0.15, 0.2) is 0 Å². The summed E-state index contributed by atoms with van der Waals surface area (Å²) < 4.78 is 10.7. The van der Waals surface area contributed by atoms with E-state index < -0.39 is 12.0 Å². The Bertz CT molecular complexity index is 907. The molecule has 6 nitrogen and oxygen atoms in total. The van der Waals surface area contributed by atoms with E-state index in [-0.39, 0.29) is 17.9 Å². The number of H-pyrrole nitrogens is 1. The number of rotatable bonds is 2. The lowest BCUT2D eigenvalue weighted by Gasteiger charge is -2.50. The Labute approximate surface area is 164 Å². The van der Waals surface area contributed by atoms with Crippen LogP contribution in [0.25, 0.3) is 10.9 Å². The number of carbonyl (C=O) groups excluding carboxylic acids is 1. The van der Waals surface area contributed by atoms with Gasteiger partial charge in [-0.3, -0.25) is 9.69 Å². The SMILES string of the molecule is COC(=O)[C@@H]1[C@H]2C[C@@H]3c4[nH]c5cccc(OC)c5c4CCN3C[C@@H]2CC[C@@H]1O. The fraction of sp³-hybridized carbons (Fsp3) is 0.591. The minimum absolute atomic E-state index is 0.164. The molecular weight excluding hydrogens is 356 g/mol. The molecule has 5 atom stereocenters. The lowest BCUT2D eigenvalue weighted by Crippen LogP contribution is -2.53. The third-order valence-electron chi connectivity index (χ3n) is 7.32. The van der Waals surface area contributed by atoms with Gasteiger partial charge in [0, 0.05) is 29.7 Å². The van der Waals surface area contributed by atoms with Gasteiger partial charge in [-0.05, 0) is 55.2 Å². The molecule has 2 aromatic rings. The van der Waals surface area contributed by atoms with Gasteiger partial charge in [-0.15, -0.1) is 0 Å². The van der Waals surface area contributed by atoms with Crippen molar-refractivity contribution in [2.24, 2.45) is 17.8 Å². The largest absolute Gasteiger partial charge is 0.496 e. The second-order valence-electron chi connectivity index (χ2n) is 8.51. The number of aliphatic hydroxyl groups excluding tert-OH is 1. The van der Waals surface area contributed by atoms with Gasteiger partial charge in [-0.25, -0.2) is 0 Å². The minimum Gasteiger partial charge on any atom is -0.496 e. The number of aromatic amines is 1. The van der Waals surface area contributed by atoms with Gasteiger partial charge < -0.3 is 19.6 Å². The highest BCUT2D eigenvalue weighted by atomic mass is 16.5. The second-order valence-corrected chi connectivity index (χ2v) is 8.51. The summed E-state index contributed by atoms with van der Waals surface area (Å²) in [6, 6.07) is 6.39. The molecule has 0 unspecified atom stereocenters. The minimum atomic E-state index is -0.592. The summed E-state index contributed by atoms with van der Waals surface area (Å²) in [6.07, 6.45) is 2.96. The van der Waals surface area contributed by atoms with E-state index in [1.165, 1.54) is 23.8 Å². The Morgan fingerprint density at radius 3 is 2.93 bits per heavy atom. The maximum absolute atomic E-state index is 12.4. The molecule has 0 bridgehead atoms. The molecule has 3 aliphatic rings. The molecule has 1 saturated carbocycles. The maximum Gasteiger partial charge on any atom is 0.311 e. The van der Waals surface area contributed by atoms with Gasteiger partial charge in [-0.1, -0.05) is 6.07 Å². The summed E-state index contributed by atoms with van der Waals surface area (Å²) in [5, 5.41) is 11.7. The van der Waals surface area contributed by atoms with E-state index >= 15 is 0 Å². The molecule has 2 aliphatic heterocycles. The maximum atomic E-state index is 12.4. The molecule has 6 heteroatoms. The second kappa shape index (κ2) is 6.78. The van der Waals surface area contributed by atoms with Gasteiger partial charge >= 0.3 is 5.97 Å². The Morgan fingerprint density at radius 1 is 1.29 bits per heavy atom. The van der Waals surface area contributed by atoms with E-state index in [0.29, 0.717) is 12.3 Å². The number of carbonyl (C=O) groups is 1. The summed E-state index contributed by atoms with van der Waals surface area (Å²) in [6.45, 7) is 2.01. The van der Waals surface area contributed by atoms with Crippen LogP contribution in [0.1, 0.15) is 36.6 Å². The van der Waals surface area contributed by atoms with Crippen molar-refractivity contribution in [3.8, 4) is 5.75 Å². The molecule has 3 heterocycles. The fourth-order valence-electron chi connectivity index (χ4n) is 6.04. The van der Waals surface area contributed by atoms with E-state index in [1.807, 2.05) is 12.1 Å². The number of hydrogen-bond acceptors (Lipinski definition) is 5. The molecule has 0 spiro atoms. The first-order valence-electron chi connectivity index (χ1n) is 10.3. The summed E-state index contributed by atoms with van der Waals surface area (Å²) >= 11 is 0. The van der Waals surface area contributed by atoms with Crippen LogP contribution >= 0.6 is 0 Å². The molecule has 1 saturated heterocycles. The number of piperidine rings is 1. The molecule has 1 aromatic heterocycles. The van der Waals surface area contributed by atoms with E-state index in [9.17, 15) is 9.90 Å². The van der Waals surface area contributed by atoms with Crippen molar-refractivity contribution >= 4 is 16.9 Å². The molecule has 0 amide bonds. The Hall–Kier alpha value is -2.05. The number of hydrogen-bond donors (Lipinski definition) is 2. The van der Waals surface area contributed by atoms with Crippen LogP contribution in [-0.4, -0.2) is 54.4 Å². The van der Waals surface area contributed by atoms with E-state index in [1.54, 1.807) is 7.11 Å². The number of fused-ring (bicyclic) bond motifs is 6. The number of aromatic nitrogens is 1. The zero-order valence-corrected chi connectivity index (χ0v) is 16.5. The molecular formula is C22H28N2O4. The molecule has 150 valence electrons. The van der Waals surface area contributed by atoms with Crippen LogP contribution in [0.3, 0.4) is 0 Å². The molecule has 2 N–H and O–H groups in total. The number of nitrogens with one attached hydrogen (secondary N) is 1. The number of benzene rings is 1. The number of nitrogens with zero attached hydrogens (tertiary/aromatic N) is 1.